The fourth-order valence-corrected chi connectivity index (χ4v) is 3.29. The molecule has 0 aromatic heterocycles. The van der Waals surface area contributed by atoms with Crippen molar-refractivity contribution in [3.8, 4) is 39.4 Å². The van der Waals surface area contributed by atoms with Gasteiger partial charge in [0.05, 0.1) is 11.6 Å². The van der Waals surface area contributed by atoms with Crippen molar-refractivity contribution in [2.24, 2.45) is 0 Å². The first kappa shape index (κ1) is 15.9. The Balaban J connectivity index is 1.97. The fourth-order valence-electron chi connectivity index (χ4n) is 3.29. The van der Waals surface area contributed by atoms with Gasteiger partial charge in [-0.3, -0.25) is 0 Å². The van der Waals surface area contributed by atoms with Crippen molar-refractivity contribution < 1.29 is 0 Å². The standard InChI is InChI=1S/C25H17N/c26-18-19-15-16-24(25(17-19)21-11-5-2-6-12-21)23-14-8-7-13-22(23)20-9-3-1-4-10-20/h1-17H. The van der Waals surface area contributed by atoms with Gasteiger partial charge in [0.2, 0.25) is 0 Å². The van der Waals surface area contributed by atoms with Crippen LogP contribution < -0.4 is 0 Å². The van der Waals surface area contributed by atoms with Crippen molar-refractivity contribution in [3.05, 3.63) is 109 Å². The van der Waals surface area contributed by atoms with E-state index >= 15 is 0 Å². The van der Waals surface area contributed by atoms with Gasteiger partial charge in [-0.1, -0.05) is 91.0 Å². The summed E-state index contributed by atoms with van der Waals surface area (Å²) in [6.45, 7) is 0. The third-order valence-electron chi connectivity index (χ3n) is 4.54. The van der Waals surface area contributed by atoms with E-state index in [2.05, 4.69) is 72.8 Å². The van der Waals surface area contributed by atoms with Crippen LogP contribution in [0.15, 0.2) is 103 Å². The van der Waals surface area contributed by atoms with Gasteiger partial charge in [0.15, 0.2) is 0 Å². The van der Waals surface area contributed by atoms with Gasteiger partial charge in [-0.05, 0) is 45.5 Å². The molecule has 1 nitrogen and oxygen atoms in total. The zero-order valence-electron chi connectivity index (χ0n) is 14.3. The minimum absolute atomic E-state index is 0.671. The average molecular weight is 331 g/mol. The quantitative estimate of drug-likeness (QED) is 0.417. The van der Waals surface area contributed by atoms with Crippen LogP contribution in [0.2, 0.25) is 0 Å². The van der Waals surface area contributed by atoms with Crippen LogP contribution in [0.1, 0.15) is 5.56 Å². The fraction of sp³-hybridized carbons (Fsp3) is 0. The van der Waals surface area contributed by atoms with Gasteiger partial charge >= 0.3 is 0 Å². The predicted octanol–water partition coefficient (Wildman–Crippen LogP) is 6.56. The lowest BCUT2D eigenvalue weighted by Gasteiger charge is -2.15. The van der Waals surface area contributed by atoms with Crippen molar-refractivity contribution in [2.45, 2.75) is 0 Å². The van der Waals surface area contributed by atoms with Gasteiger partial charge in [0.25, 0.3) is 0 Å². The highest BCUT2D eigenvalue weighted by molar-refractivity contribution is 5.92. The zero-order valence-corrected chi connectivity index (χ0v) is 14.3. The van der Waals surface area contributed by atoms with Crippen LogP contribution >= 0.6 is 0 Å². The van der Waals surface area contributed by atoms with E-state index in [1.54, 1.807) is 0 Å². The van der Waals surface area contributed by atoms with Gasteiger partial charge in [-0.15, -0.1) is 0 Å². The van der Waals surface area contributed by atoms with Crippen LogP contribution in [-0.4, -0.2) is 0 Å². The first-order valence-electron chi connectivity index (χ1n) is 8.61. The Labute approximate surface area is 153 Å². The summed E-state index contributed by atoms with van der Waals surface area (Å²) >= 11 is 0. The molecule has 4 aromatic rings. The molecule has 0 amide bonds. The molecule has 0 fully saturated rings. The van der Waals surface area contributed by atoms with Crippen LogP contribution in [0.25, 0.3) is 33.4 Å². The van der Waals surface area contributed by atoms with E-state index in [1.807, 2.05) is 36.4 Å². The molecule has 0 radical (unpaired) electrons. The second kappa shape index (κ2) is 7.09. The zero-order chi connectivity index (χ0) is 17.8. The summed E-state index contributed by atoms with van der Waals surface area (Å²) in [5, 5.41) is 9.35. The molecule has 0 heterocycles. The SMILES string of the molecule is N#Cc1ccc(-c2ccccc2-c2ccccc2)c(-c2ccccc2)c1. The number of rotatable bonds is 3. The van der Waals surface area contributed by atoms with E-state index in [4.69, 9.17) is 0 Å². The van der Waals surface area contributed by atoms with Crippen LogP contribution in [0.4, 0.5) is 0 Å². The molecule has 122 valence electrons. The van der Waals surface area contributed by atoms with Gasteiger partial charge in [0.1, 0.15) is 0 Å². The maximum absolute atomic E-state index is 9.35. The highest BCUT2D eigenvalue weighted by Crippen LogP contribution is 2.38. The summed E-state index contributed by atoms with van der Waals surface area (Å²) < 4.78 is 0. The van der Waals surface area contributed by atoms with Crippen LogP contribution in [0.3, 0.4) is 0 Å². The van der Waals surface area contributed by atoms with Crippen molar-refractivity contribution >= 4 is 0 Å². The Hall–Kier alpha value is -3.63. The van der Waals surface area contributed by atoms with E-state index in [-0.39, 0.29) is 0 Å². The number of hydrogen-bond donors (Lipinski definition) is 0. The first-order valence-corrected chi connectivity index (χ1v) is 8.61. The summed E-state index contributed by atoms with van der Waals surface area (Å²) in [5.74, 6) is 0. The molecule has 0 atom stereocenters. The van der Waals surface area contributed by atoms with E-state index in [0.29, 0.717) is 5.56 Å². The summed E-state index contributed by atoms with van der Waals surface area (Å²) in [7, 11) is 0. The third kappa shape index (κ3) is 3.01. The molecule has 4 aromatic carbocycles. The number of hydrogen-bond acceptors (Lipinski definition) is 1. The second-order valence-electron chi connectivity index (χ2n) is 6.15. The summed E-state index contributed by atoms with van der Waals surface area (Å²) in [5.41, 5.74) is 7.54. The maximum atomic E-state index is 9.35. The Kier molecular flexibility index (Phi) is 4.33. The summed E-state index contributed by atoms with van der Waals surface area (Å²) in [6, 6.07) is 37.3. The topological polar surface area (TPSA) is 23.8 Å². The Morgan fingerprint density at radius 3 is 1.58 bits per heavy atom. The van der Waals surface area contributed by atoms with Crippen molar-refractivity contribution in [2.75, 3.05) is 0 Å². The second-order valence-corrected chi connectivity index (χ2v) is 6.15. The predicted molar refractivity (Wildman–Crippen MR) is 107 cm³/mol. The highest BCUT2D eigenvalue weighted by atomic mass is 14.2. The van der Waals surface area contributed by atoms with Gasteiger partial charge in [0, 0.05) is 0 Å². The first-order chi connectivity index (χ1) is 12.9. The van der Waals surface area contributed by atoms with Crippen LogP contribution in [0.5, 0.6) is 0 Å². The lowest BCUT2D eigenvalue weighted by Crippen LogP contribution is -1.90. The molecular weight excluding hydrogens is 314 g/mol. The molecule has 0 aliphatic heterocycles. The van der Waals surface area contributed by atoms with Gasteiger partial charge in [-0.2, -0.15) is 5.26 Å². The smallest absolute Gasteiger partial charge is 0.0991 e. The Morgan fingerprint density at radius 2 is 0.962 bits per heavy atom. The lowest BCUT2D eigenvalue weighted by atomic mass is 9.88. The number of nitrogens with zero attached hydrogens (tertiary/aromatic N) is 1. The minimum Gasteiger partial charge on any atom is -0.192 e. The van der Waals surface area contributed by atoms with E-state index in [0.717, 1.165) is 16.7 Å². The monoisotopic (exact) mass is 331 g/mol. The molecule has 0 aliphatic carbocycles. The highest BCUT2D eigenvalue weighted by Gasteiger charge is 2.12. The van der Waals surface area contributed by atoms with E-state index in [1.165, 1.54) is 16.7 Å². The lowest BCUT2D eigenvalue weighted by molar-refractivity contribution is 1.48. The van der Waals surface area contributed by atoms with Crippen molar-refractivity contribution in [3.63, 3.8) is 0 Å². The van der Waals surface area contributed by atoms with Crippen molar-refractivity contribution in [1.82, 2.24) is 0 Å². The molecule has 0 bridgehead atoms. The number of benzene rings is 4. The molecule has 0 unspecified atom stereocenters. The normalized spacial score (nSPS) is 10.3. The Morgan fingerprint density at radius 1 is 0.462 bits per heavy atom. The molecule has 0 aliphatic rings. The van der Waals surface area contributed by atoms with Crippen LogP contribution in [-0.2, 0) is 0 Å². The third-order valence-corrected chi connectivity index (χ3v) is 4.54. The van der Waals surface area contributed by atoms with Crippen molar-refractivity contribution in [1.29, 1.82) is 5.26 Å². The number of nitriles is 1. The molecule has 26 heavy (non-hydrogen) atoms. The summed E-state index contributed by atoms with van der Waals surface area (Å²) in [6.07, 6.45) is 0. The molecule has 0 N–H and O–H groups in total. The Bertz CT molecular complexity index is 1070. The van der Waals surface area contributed by atoms with Gasteiger partial charge in [-0.25, -0.2) is 0 Å². The van der Waals surface area contributed by atoms with E-state index < -0.39 is 0 Å². The summed E-state index contributed by atoms with van der Waals surface area (Å²) in [4.78, 5) is 0. The van der Waals surface area contributed by atoms with E-state index in [9.17, 15) is 5.26 Å². The molecule has 0 saturated carbocycles. The minimum atomic E-state index is 0.671. The van der Waals surface area contributed by atoms with Gasteiger partial charge < -0.3 is 0 Å². The largest absolute Gasteiger partial charge is 0.192 e. The molecular formula is C25H17N. The molecule has 0 saturated heterocycles. The molecule has 0 spiro atoms. The molecule has 4 rings (SSSR count). The maximum Gasteiger partial charge on any atom is 0.0991 e. The average Bonchev–Trinajstić information content (AvgIpc) is 2.74. The molecule has 1 heteroatoms. The van der Waals surface area contributed by atoms with Crippen LogP contribution in [0, 0.1) is 11.3 Å².